The molecule has 0 radical (unpaired) electrons. The van der Waals surface area contributed by atoms with Crippen molar-refractivity contribution in [1.29, 1.82) is 0 Å². The summed E-state index contributed by atoms with van der Waals surface area (Å²) in [4.78, 5) is 8.79. The molecule has 0 saturated heterocycles. The van der Waals surface area contributed by atoms with E-state index in [1.165, 1.54) is 40.7 Å². The van der Waals surface area contributed by atoms with Crippen molar-refractivity contribution in [2.45, 2.75) is 85.5 Å². The summed E-state index contributed by atoms with van der Waals surface area (Å²) in [6.07, 6.45) is 17.4. The average Bonchev–Trinajstić information content (AvgIpc) is 3.11. The van der Waals surface area contributed by atoms with Crippen molar-refractivity contribution < 1.29 is 0 Å². The van der Waals surface area contributed by atoms with Gasteiger partial charge in [-0.25, -0.2) is 4.98 Å². The third-order valence-corrected chi connectivity index (χ3v) is 6.74. The first-order valence-corrected chi connectivity index (χ1v) is 14.5. The van der Waals surface area contributed by atoms with E-state index < -0.39 is 0 Å². The van der Waals surface area contributed by atoms with Crippen LogP contribution in [0, 0.1) is 5.92 Å². The van der Waals surface area contributed by atoms with Gasteiger partial charge in [-0.15, -0.1) is 6.58 Å². The minimum atomic E-state index is 0.369. The molecule has 0 fully saturated rings. The molecule has 1 aliphatic rings. The first kappa shape index (κ1) is 33.8. The van der Waals surface area contributed by atoms with Gasteiger partial charge in [-0.2, -0.15) is 0 Å². The molecule has 2 unspecified atom stereocenters. The molecule has 4 nitrogen and oxygen atoms in total. The fourth-order valence-electron chi connectivity index (χ4n) is 4.45. The van der Waals surface area contributed by atoms with Gasteiger partial charge in [-0.1, -0.05) is 72.4 Å². The topological polar surface area (TPSA) is 63.8 Å². The number of pyridine rings is 2. The van der Waals surface area contributed by atoms with E-state index in [9.17, 15) is 0 Å². The van der Waals surface area contributed by atoms with E-state index in [1.54, 1.807) is 12.4 Å². The third-order valence-electron chi connectivity index (χ3n) is 6.74. The summed E-state index contributed by atoms with van der Waals surface area (Å²) >= 11 is 0. The monoisotopic (exact) mass is 528 g/mol. The van der Waals surface area contributed by atoms with Crippen LogP contribution in [0.4, 0.5) is 5.82 Å². The van der Waals surface area contributed by atoms with Crippen LogP contribution in [0.5, 0.6) is 0 Å². The van der Waals surface area contributed by atoms with E-state index in [-0.39, 0.29) is 0 Å². The fourth-order valence-corrected chi connectivity index (χ4v) is 4.45. The number of nitrogens with one attached hydrogen (secondary N) is 1. The second-order valence-electron chi connectivity index (χ2n) is 10.2. The van der Waals surface area contributed by atoms with Crippen molar-refractivity contribution in [3.05, 3.63) is 109 Å². The van der Waals surface area contributed by atoms with Gasteiger partial charge in [-0.3, -0.25) is 4.98 Å². The minimum absolute atomic E-state index is 0.369. The van der Waals surface area contributed by atoms with Gasteiger partial charge in [0.1, 0.15) is 5.82 Å². The normalized spacial score (nSPS) is 14.3. The summed E-state index contributed by atoms with van der Waals surface area (Å²) in [5.41, 5.74) is 12.9. The van der Waals surface area contributed by atoms with Crippen molar-refractivity contribution >= 4 is 11.4 Å². The fraction of sp³-hybridized carbons (Fsp3) is 0.429. The van der Waals surface area contributed by atoms with Crippen LogP contribution >= 0.6 is 0 Å². The highest BCUT2D eigenvalue weighted by Crippen LogP contribution is 2.33. The molecule has 212 valence electrons. The second-order valence-corrected chi connectivity index (χ2v) is 10.2. The zero-order valence-corrected chi connectivity index (χ0v) is 25.3. The molecule has 39 heavy (non-hydrogen) atoms. The number of nitrogens with zero attached hydrogens (tertiary/aromatic N) is 2. The Bertz CT molecular complexity index is 1090. The van der Waals surface area contributed by atoms with E-state index in [0.29, 0.717) is 18.4 Å². The average molecular weight is 529 g/mol. The van der Waals surface area contributed by atoms with E-state index in [2.05, 4.69) is 87.0 Å². The predicted molar refractivity (Wildman–Crippen MR) is 173 cm³/mol. The van der Waals surface area contributed by atoms with Gasteiger partial charge in [0.05, 0.1) is 5.69 Å². The Morgan fingerprint density at radius 1 is 1.03 bits per heavy atom. The van der Waals surface area contributed by atoms with Crippen LogP contribution in [0.1, 0.15) is 102 Å². The molecule has 1 aliphatic carbocycles. The largest absolute Gasteiger partial charge is 0.347 e. The zero-order valence-electron chi connectivity index (χ0n) is 25.3. The molecule has 0 spiro atoms. The number of hydrogen-bond acceptors (Lipinski definition) is 4. The summed E-state index contributed by atoms with van der Waals surface area (Å²) in [5, 5.41) is 2.94. The van der Waals surface area contributed by atoms with E-state index in [4.69, 9.17) is 5.73 Å². The standard InChI is InChI=1S/C23H31N.C10H15N3.C2H6/c1-6-9-20(13-12-17(2)3)21-14-15-24-22(16-21)23-18(4)10-7-8-11-19(23)5;1-3-12-10-6-9(4-5-13-10)8(2)7-11;1-2/h6,8,11,14-17,20H,1,4,7,9-10,12-13H2,2-3,5H3;3-6,8H,1,7,11H2,2H3,(H,12,13);1-2H3. The van der Waals surface area contributed by atoms with Crippen molar-refractivity contribution in [3.63, 3.8) is 0 Å². The maximum atomic E-state index is 5.57. The minimum Gasteiger partial charge on any atom is -0.347 e. The summed E-state index contributed by atoms with van der Waals surface area (Å²) in [6, 6.07) is 8.41. The maximum Gasteiger partial charge on any atom is 0.130 e. The van der Waals surface area contributed by atoms with Gasteiger partial charge in [-0.05, 0) is 110 Å². The summed E-state index contributed by atoms with van der Waals surface area (Å²) in [5.74, 6) is 2.44. The highest BCUT2D eigenvalue weighted by molar-refractivity contribution is 5.81. The highest BCUT2D eigenvalue weighted by atomic mass is 15.0. The summed E-state index contributed by atoms with van der Waals surface area (Å²) < 4.78 is 0. The first-order valence-electron chi connectivity index (χ1n) is 14.5. The smallest absolute Gasteiger partial charge is 0.130 e. The van der Waals surface area contributed by atoms with Crippen LogP contribution in [0.25, 0.3) is 5.57 Å². The van der Waals surface area contributed by atoms with Gasteiger partial charge >= 0.3 is 0 Å². The third kappa shape index (κ3) is 11.6. The van der Waals surface area contributed by atoms with Crippen LogP contribution in [0.2, 0.25) is 0 Å². The lowest BCUT2D eigenvalue weighted by atomic mass is 9.87. The molecule has 2 heterocycles. The van der Waals surface area contributed by atoms with E-state index in [1.807, 2.05) is 38.3 Å². The van der Waals surface area contributed by atoms with E-state index >= 15 is 0 Å². The Kier molecular flexibility index (Phi) is 16.4. The molecule has 0 aromatic carbocycles. The van der Waals surface area contributed by atoms with Crippen LogP contribution in [0.15, 0.2) is 92.0 Å². The summed E-state index contributed by atoms with van der Waals surface area (Å²) in [7, 11) is 0. The van der Waals surface area contributed by atoms with Crippen molar-refractivity contribution in [2.24, 2.45) is 11.7 Å². The van der Waals surface area contributed by atoms with Crippen molar-refractivity contribution in [3.8, 4) is 0 Å². The van der Waals surface area contributed by atoms with Crippen molar-refractivity contribution in [2.75, 3.05) is 11.9 Å². The van der Waals surface area contributed by atoms with Crippen LogP contribution in [0.3, 0.4) is 0 Å². The Morgan fingerprint density at radius 2 is 1.72 bits per heavy atom. The number of hydrogen-bond donors (Lipinski definition) is 2. The molecule has 2 aromatic rings. The lowest BCUT2D eigenvalue weighted by Gasteiger charge is -2.19. The molecular weight excluding hydrogens is 476 g/mol. The van der Waals surface area contributed by atoms with Gasteiger partial charge in [0, 0.05) is 18.0 Å². The lowest BCUT2D eigenvalue weighted by Crippen LogP contribution is -2.09. The number of allylic oxidation sites excluding steroid dienone is 6. The molecule has 3 N–H and O–H groups in total. The lowest BCUT2D eigenvalue weighted by molar-refractivity contribution is 0.501. The Hall–Kier alpha value is -3.24. The molecule has 2 atom stereocenters. The van der Waals surface area contributed by atoms with Crippen LogP contribution in [-0.2, 0) is 0 Å². The van der Waals surface area contributed by atoms with Crippen molar-refractivity contribution in [1.82, 2.24) is 9.97 Å². The molecule has 0 bridgehead atoms. The highest BCUT2D eigenvalue weighted by Gasteiger charge is 2.16. The predicted octanol–water partition coefficient (Wildman–Crippen LogP) is 9.58. The Morgan fingerprint density at radius 3 is 2.36 bits per heavy atom. The van der Waals surface area contributed by atoms with Gasteiger partial charge in [0.15, 0.2) is 0 Å². The molecule has 2 aromatic heterocycles. The maximum absolute atomic E-state index is 5.57. The number of nitrogens with two attached hydrogens (primary N) is 1. The van der Waals surface area contributed by atoms with Crippen LogP contribution < -0.4 is 11.1 Å². The van der Waals surface area contributed by atoms with Gasteiger partial charge in [0.2, 0.25) is 0 Å². The molecule has 3 rings (SSSR count). The Balaban J connectivity index is 0.000000428. The molecule has 0 saturated carbocycles. The first-order chi connectivity index (χ1) is 18.8. The Labute approximate surface area is 238 Å². The second kappa shape index (κ2) is 18.9. The number of aromatic nitrogens is 2. The van der Waals surface area contributed by atoms with Crippen LogP contribution in [-0.4, -0.2) is 16.5 Å². The quantitative estimate of drug-likeness (QED) is 0.285. The summed E-state index contributed by atoms with van der Waals surface area (Å²) in [6.45, 7) is 25.3. The molecule has 0 aliphatic heterocycles. The van der Waals surface area contributed by atoms with E-state index in [0.717, 1.165) is 36.7 Å². The number of anilines is 1. The molecule has 0 amide bonds. The molecule has 4 heteroatoms. The zero-order chi connectivity index (χ0) is 29.2. The van der Waals surface area contributed by atoms with Gasteiger partial charge < -0.3 is 11.1 Å². The molecular formula is C35H52N4. The number of rotatable bonds is 11. The SMILES string of the molecule is C=CCC(CCC(C)C)c1ccnc(C2=C(C)C=CCCC2=C)c1.C=CNc1cc(C(C)CN)ccn1.CC. The van der Waals surface area contributed by atoms with Gasteiger partial charge in [0.25, 0.3) is 0 Å².